The van der Waals surface area contributed by atoms with Crippen LogP contribution in [0.15, 0.2) is 36.4 Å². The zero-order chi connectivity index (χ0) is 22.7. The molecule has 2 N–H and O–H groups in total. The summed E-state index contributed by atoms with van der Waals surface area (Å²) in [5.41, 5.74) is 5.41. The summed E-state index contributed by atoms with van der Waals surface area (Å²) in [5, 5.41) is 14.1. The molecule has 1 aromatic heterocycles. The van der Waals surface area contributed by atoms with Gasteiger partial charge in [0.05, 0.1) is 33.0 Å². The van der Waals surface area contributed by atoms with Gasteiger partial charge in [0.2, 0.25) is 0 Å². The van der Waals surface area contributed by atoms with E-state index in [4.69, 9.17) is 0 Å². The van der Waals surface area contributed by atoms with E-state index < -0.39 is 5.97 Å². The van der Waals surface area contributed by atoms with Crippen molar-refractivity contribution in [2.75, 3.05) is 23.3 Å². The second-order valence-electron chi connectivity index (χ2n) is 8.91. The number of nitrogens with one attached hydrogen (secondary N) is 1. The number of nitrogens with zero attached hydrogens (tertiary/aromatic N) is 2. The predicted molar refractivity (Wildman–Crippen MR) is 135 cm³/mol. The highest BCUT2D eigenvalue weighted by Gasteiger charge is 2.26. The van der Waals surface area contributed by atoms with Gasteiger partial charge in [-0.2, -0.15) is 0 Å². The van der Waals surface area contributed by atoms with Crippen LogP contribution >= 0.6 is 11.3 Å². The zero-order valence-corrected chi connectivity index (χ0v) is 20.0. The lowest BCUT2D eigenvalue weighted by Gasteiger charge is -2.28. The minimum atomic E-state index is -0.747. The van der Waals surface area contributed by atoms with Gasteiger partial charge in [0.25, 0.3) is 0 Å². The van der Waals surface area contributed by atoms with Crippen molar-refractivity contribution in [1.82, 2.24) is 4.98 Å². The van der Waals surface area contributed by atoms with Crippen molar-refractivity contribution in [3.8, 4) is 0 Å². The molecule has 170 valence electrons. The molecular weight excluding hydrogens is 418 g/mol. The quantitative estimate of drug-likeness (QED) is 0.330. The van der Waals surface area contributed by atoms with E-state index in [-0.39, 0.29) is 12.3 Å². The van der Waals surface area contributed by atoms with Crippen molar-refractivity contribution in [2.45, 2.75) is 58.8 Å². The SMILES string of the molecule is CCCN(CC1CC1)c1ccc(C(CC)CC(=O)O)cc1Nc1ccc2nc(C)sc2c1. The first-order valence-corrected chi connectivity index (χ1v) is 12.5. The Labute approximate surface area is 194 Å². The first-order valence-electron chi connectivity index (χ1n) is 11.7. The summed E-state index contributed by atoms with van der Waals surface area (Å²) in [6.45, 7) is 8.42. The second kappa shape index (κ2) is 9.90. The lowest BCUT2D eigenvalue weighted by atomic mass is 9.92. The Morgan fingerprint density at radius 2 is 2.06 bits per heavy atom. The molecule has 1 fully saturated rings. The number of aliphatic carboxylic acids is 1. The monoisotopic (exact) mass is 451 g/mol. The average Bonchev–Trinajstić information content (AvgIpc) is 3.50. The van der Waals surface area contributed by atoms with E-state index in [1.165, 1.54) is 23.2 Å². The van der Waals surface area contributed by atoms with Crippen LogP contribution in [0.2, 0.25) is 0 Å². The molecule has 2 aromatic carbocycles. The molecule has 1 unspecified atom stereocenters. The number of fused-ring (bicyclic) bond motifs is 1. The molecule has 1 heterocycles. The van der Waals surface area contributed by atoms with Gasteiger partial charge in [0.1, 0.15) is 0 Å². The second-order valence-corrected chi connectivity index (χ2v) is 10.1. The van der Waals surface area contributed by atoms with Crippen LogP contribution < -0.4 is 10.2 Å². The van der Waals surface area contributed by atoms with Crippen LogP contribution in [-0.2, 0) is 4.79 Å². The average molecular weight is 452 g/mol. The van der Waals surface area contributed by atoms with E-state index in [0.29, 0.717) is 0 Å². The van der Waals surface area contributed by atoms with Crippen LogP contribution in [0.5, 0.6) is 0 Å². The Morgan fingerprint density at radius 3 is 2.75 bits per heavy atom. The predicted octanol–water partition coefficient (Wildman–Crippen LogP) is 6.94. The molecule has 1 aliphatic rings. The lowest BCUT2D eigenvalue weighted by Crippen LogP contribution is -2.27. The van der Waals surface area contributed by atoms with Crippen molar-refractivity contribution < 1.29 is 9.90 Å². The molecule has 0 amide bonds. The van der Waals surface area contributed by atoms with Crippen molar-refractivity contribution in [3.05, 3.63) is 47.0 Å². The first-order chi connectivity index (χ1) is 15.5. The molecule has 32 heavy (non-hydrogen) atoms. The van der Waals surface area contributed by atoms with Gasteiger partial charge in [-0.3, -0.25) is 4.79 Å². The third kappa shape index (κ3) is 5.41. The lowest BCUT2D eigenvalue weighted by molar-refractivity contribution is -0.137. The van der Waals surface area contributed by atoms with Crippen molar-refractivity contribution >= 4 is 44.6 Å². The Bertz CT molecular complexity index is 1090. The zero-order valence-electron chi connectivity index (χ0n) is 19.2. The number of hydrogen-bond acceptors (Lipinski definition) is 5. The number of carboxylic acids is 1. The summed E-state index contributed by atoms with van der Waals surface area (Å²) in [4.78, 5) is 18.5. The third-order valence-electron chi connectivity index (χ3n) is 6.19. The number of aromatic nitrogens is 1. The molecule has 0 bridgehead atoms. The van der Waals surface area contributed by atoms with Crippen LogP contribution in [0.1, 0.15) is 62.4 Å². The molecule has 1 aliphatic carbocycles. The van der Waals surface area contributed by atoms with Gasteiger partial charge < -0.3 is 15.3 Å². The molecule has 0 spiro atoms. The number of benzene rings is 2. The minimum absolute atomic E-state index is 0.0109. The molecule has 4 rings (SSSR count). The van der Waals surface area contributed by atoms with E-state index in [1.54, 1.807) is 11.3 Å². The maximum atomic E-state index is 11.4. The van der Waals surface area contributed by atoms with Crippen LogP contribution in [0.4, 0.5) is 17.1 Å². The molecule has 0 radical (unpaired) electrons. The number of carboxylic acid groups (broad SMARTS) is 1. The fraction of sp³-hybridized carbons (Fsp3) is 0.462. The molecule has 1 saturated carbocycles. The van der Waals surface area contributed by atoms with E-state index in [1.807, 2.05) is 6.92 Å². The molecule has 0 aliphatic heterocycles. The van der Waals surface area contributed by atoms with Gasteiger partial charge in [0, 0.05) is 18.8 Å². The van der Waals surface area contributed by atoms with Crippen LogP contribution in [0.25, 0.3) is 10.2 Å². The fourth-order valence-corrected chi connectivity index (χ4v) is 5.22. The highest BCUT2D eigenvalue weighted by atomic mass is 32.1. The normalized spacial score (nSPS) is 14.5. The number of rotatable bonds is 11. The van der Waals surface area contributed by atoms with Gasteiger partial charge in [-0.25, -0.2) is 4.98 Å². The van der Waals surface area contributed by atoms with Gasteiger partial charge in [-0.05, 0) is 80.3 Å². The summed E-state index contributed by atoms with van der Waals surface area (Å²) < 4.78 is 1.17. The van der Waals surface area contributed by atoms with Crippen LogP contribution in [-0.4, -0.2) is 29.1 Å². The number of hydrogen-bond donors (Lipinski definition) is 2. The maximum absolute atomic E-state index is 11.4. The molecular formula is C26H33N3O2S. The first kappa shape index (κ1) is 22.6. The van der Waals surface area contributed by atoms with Gasteiger partial charge in [-0.1, -0.05) is 19.9 Å². The Kier molecular flexibility index (Phi) is 6.99. The molecule has 3 aromatic rings. The van der Waals surface area contributed by atoms with E-state index >= 15 is 0 Å². The van der Waals surface area contributed by atoms with Gasteiger partial charge in [0.15, 0.2) is 0 Å². The van der Waals surface area contributed by atoms with Crippen LogP contribution in [0, 0.1) is 12.8 Å². The summed E-state index contributed by atoms with van der Waals surface area (Å²) >= 11 is 1.70. The fourth-order valence-electron chi connectivity index (χ4n) is 4.36. The van der Waals surface area contributed by atoms with Gasteiger partial charge in [-0.15, -0.1) is 11.3 Å². The van der Waals surface area contributed by atoms with E-state index in [9.17, 15) is 9.90 Å². The maximum Gasteiger partial charge on any atom is 0.303 e. The van der Waals surface area contributed by atoms with E-state index in [2.05, 4.69) is 65.4 Å². The van der Waals surface area contributed by atoms with Crippen LogP contribution in [0.3, 0.4) is 0 Å². The van der Waals surface area contributed by atoms with Crippen molar-refractivity contribution in [3.63, 3.8) is 0 Å². The number of aryl methyl sites for hydroxylation is 1. The topological polar surface area (TPSA) is 65.5 Å². The summed E-state index contributed by atoms with van der Waals surface area (Å²) in [5.74, 6) is 0.0561. The molecule has 0 saturated heterocycles. The van der Waals surface area contributed by atoms with Crippen molar-refractivity contribution in [2.24, 2.45) is 5.92 Å². The Balaban J connectivity index is 1.71. The summed E-state index contributed by atoms with van der Waals surface area (Å²) in [7, 11) is 0. The Morgan fingerprint density at radius 1 is 1.25 bits per heavy atom. The minimum Gasteiger partial charge on any atom is -0.481 e. The van der Waals surface area contributed by atoms with E-state index in [0.717, 1.165) is 59.3 Å². The Hall–Kier alpha value is -2.60. The summed E-state index contributed by atoms with van der Waals surface area (Å²) in [6.07, 6.45) is 4.69. The number of thiazole rings is 1. The molecule has 5 nitrogen and oxygen atoms in total. The number of carbonyl (C=O) groups is 1. The summed E-state index contributed by atoms with van der Waals surface area (Å²) in [6, 6.07) is 12.8. The highest BCUT2D eigenvalue weighted by Crippen LogP contribution is 2.38. The highest BCUT2D eigenvalue weighted by molar-refractivity contribution is 7.18. The van der Waals surface area contributed by atoms with Gasteiger partial charge >= 0.3 is 5.97 Å². The smallest absolute Gasteiger partial charge is 0.303 e. The molecule has 1 atom stereocenters. The number of anilines is 3. The van der Waals surface area contributed by atoms with Crippen molar-refractivity contribution in [1.29, 1.82) is 0 Å². The molecule has 6 heteroatoms. The largest absolute Gasteiger partial charge is 0.481 e. The standard InChI is InChI=1S/C26H33N3O2S/c1-4-12-29(16-18-6-7-18)24-11-8-20(19(5-2)14-26(30)31)13-23(24)28-21-9-10-22-25(15-21)32-17(3)27-22/h8-11,13,15,18-19,28H,4-7,12,14,16H2,1-3H3,(H,30,31). The third-order valence-corrected chi connectivity index (χ3v) is 7.12.